The molecule has 0 aromatic carbocycles. The molecule has 0 atom stereocenters. The summed E-state index contributed by atoms with van der Waals surface area (Å²) >= 11 is 0. The molecular formula is C9H9B2N5O4. The molecule has 0 bridgehead atoms. The fourth-order valence-electron chi connectivity index (χ4n) is 1.49. The Morgan fingerprint density at radius 1 is 1.05 bits per heavy atom. The van der Waals surface area contributed by atoms with E-state index in [-0.39, 0.29) is 0 Å². The van der Waals surface area contributed by atoms with Crippen LogP contribution in [0.2, 0.25) is 0 Å². The molecule has 0 spiro atoms. The molecule has 100 valence electrons. The van der Waals surface area contributed by atoms with E-state index < -0.39 is 22.6 Å². The molecule has 0 saturated carbocycles. The van der Waals surface area contributed by atoms with Gasteiger partial charge in [0, 0.05) is 11.5 Å². The molecule has 0 saturated heterocycles. The predicted molar refractivity (Wildman–Crippen MR) is 68.8 cm³/mol. The van der Waals surface area contributed by atoms with E-state index in [0.29, 0.717) is 24.0 Å². The first-order chi connectivity index (χ1) is 9.25. The molecule has 1 heterocycles. The van der Waals surface area contributed by atoms with Gasteiger partial charge in [0.15, 0.2) is 0 Å². The largest absolute Gasteiger partial charge is 0.545 e. The van der Waals surface area contributed by atoms with Crippen LogP contribution in [0.3, 0.4) is 0 Å². The highest BCUT2D eigenvalue weighted by molar-refractivity contribution is 6.43. The molecule has 1 aromatic rings. The number of nitrogens with zero attached hydrogens (tertiary/aromatic N) is 5. The van der Waals surface area contributed by atoms with E-state index in [9.17, 15) is 14.4 Å². The maximum absolute atomic E-state index is 12.1. The van der Waals surface area contributed by atoms with Gasteiger partial charge in [-0.3, -0.25) is 8.96 Å². The molecule has 0 fully saturated rings. The summed E-state index contributed by atoms with van der Waals surface area (Å²) in [5.41, 5.74) is -3.95. The smallest absolute Gasteiger partial charge is 0.473 e. The minimum absolute atomic E-state index is 0.434. The molecule has 0 amide bonds. The molecule has 1 rings (SSSR count). The number of nitriles is 2. The topological polar surface area (TPSA) is 123 Å². The monoisotopic (exact) mass is 273 g/mol. The van der Waals surface area contributed by atoms with Gasteiger partial charge in [0.1, 0.15) is 0 Å². The van der Waals surface area contributed by atoms with Crippen molar-refractivity contribution in [3.8, 4) is 12.2 Å². The van der Waals surface area contributed by atoms with Gasteiger partial charge in [0.25, 0.3) is 6.26 Å². The van der Waals surface area contributed by atoms with Gasteiger partial charge in [-0.05, 0) is 20.8 Å². The summed E-state index contributed by atoms with van der Waals surface area (Å²) in [5, 5.41) is 16.9. The molecule has 1 aromatic heterocycles. The lowest BCUT2D eigenvalue weighted by Crippen LogP contribution is -2.60. The van der Waals surface area contributed by atoms with Crippen LogP contribution >= 0.6 is 0 Å². The van der Waals surface area contributed by atoms with Crippen LogP contribution in [0.5, 0.6) is 0 Å². The summed E-state index contributed by atoms with van der Waals surface area (Å²) in [5.74, 6) is 1.54. The number of aromatic nitrogens is 3. The fourth-order valence-corrected chi connectivity index (χ4v) is 1.49. The molecule has 0 aliphatic heterocycles. The molecule has 0 aliphatic rings. The van der Waals surface area contributed by atoms with Gasteiger partial charge in [-0.1, -0.05) is 0 Å². The minimum Gasteiger partial charge on any atom is -0.473 e. The lowest BCUT2D eigenvalue weighted by molar-refractivity contribution is 0.347. The van der Waals surface area contributed by atoms with E-state index in [1.54, 1.807) is 20.8 Å². The number of hydrogen-bond donors (Lipinski definition) is 0. The summed E-state index contributed by atoms with van der Waals surface area (Å²) in [6.07, 6.45) is 1.27. The zero-order valence-electron chi connectivity index (χ0n) is 11.0. The zero-order valence-corrected chi connectivity index (χ0v) is 11.0. The standard InChI is InChI=1S/C9H9B2N5O4/c1-9(2,3)14-6(17)15(10-4-12)8(19)16(7(14)18)11-20-5-13/h1-3H3. The van der Waals surface area contributed by atoms with Gasteiger partial charge in [-0.2, -0.15) is 5.26 Å². The van der Waals surface area contributed by atoms with Crippen LogP contribution in [0.15, 0.2) is 14.4 Å². The van der Waals surface area contributed by atoms with Crippen LogP contribution in [0, 0.1) is 22.7 Å². The number of rotatable bonds is 3. The van der Waals surface area contributed by atoms with Crippen molar-refractivity contribution in [2.45, 2.75) is 26.3 Å². The summed E-state index contributed by atoms with van der Waals surface area (Å²) in [6.45, 7) is 4.73. The van der Waals surface area contributed by atoms with Crippen LogP contribution in [0.1, 0.15) is 20.8 Å². The first-order valence-corrected chi connectivity index (χ1v) is 5.37. The Balaban J connectivity index is 3.82. The first kappa shape index (κ1) is 15.4. The van der Waals surface area contributed by atoms with Crippen molar-refractivity contribution in [1.29, 1.82) is 10.5 Å². The van der Waals surface area contributed by atoms with Crippen molar-refractivity contribution >= 4 is 15.0 Å². The van der Waals surface area contributed by atoms with Crippen molar-refractivity contribution in [2.24, 2.45) is 0 Å². The Bertz CT molecular complexity index is 770. The van der Waals surface area contributed by atoms with Gasteiger partial charge in [0.05, 0.1) is 0 Å². The second kappa shape index (κ2) is 5.53. The van der Waals surface area contributed by atoms with E-state index in [0.717, 1.165) is 4.57 Å². The van der Waals surface area contributed by atoms with Gasteiger partial charge >= 0.3 is 32.1 Å². The molecule has 0 N–H and O–H groups in total. The van der Waals surface area contributed by atoms with Crippen LogP contribution in [0.25, 0.3) is 0 Å². The Morgan fingerprint density at radius 3 is 2.05 bits per heavy atom. The lowest BCUT2D eigenvalue weighted by Gasteiger charge is -2.22. The van der Waals surface area contributed by atoms with Gasteiger partial charge < -0.3 is 4.65 Å². The average molecular weight is 273 g/mol. The Morgan fingerprint density at radius 2 is 1.60 bits per heavy atom. The second-order valence-electron chi connectivity index (χ2n) is 4.67. The van der Waals surface area contributed by atoms with Crippen molar-refractivity contribution in [3.05, 3.63) is 31.5 Å². The third kappa shape index (κ3) is 2.67. The van der Waals surface area contributed by atoms with Crippen LogP contribution in [0.4, 0.5) is 0 Å². The Hall–Kier alpha value is -2.68. The van der Waals surface area contributed by atoms with E-state index in [1.807, 2.05) is 0 Å². The molecule has 0 unspecified atom stereocenters. The second-order valence-corrected chi connectivity index (χ2v) is 4.67. The molecule has 20 heavy (non-hydrogen) atoms. The quantitative estimate of drug-likeness (QED) is 0.453. The summed E-state index contributed by atoms with van der Waals surface area (Å²) < 4.78 is 5.91. The highest BCUT2D eigenvalue weighted by Crippen LogP contribution is 2.06. The predicted octanol–water partition coefficient (Wildman–Crippen LogP) is -2.24. The van der Waals surface area contributed by atoms with Gasteiger partial charge in [-0.25, -0.2) is 24.2 Å². The van der Waals surface area contributed by atoms with Gasteiger partial charge in [0.2, 0.25) is 0 Å². The van der Waals surface area contributed by atoms with Crippen molar-refractivity contribution < 1.29 is 4.65 Å². The minimum atomic E-state index is -1.10. The van der Waals surface area contributed by atoms with Gasteiger partial charge in [-0.15, -0.1) is 0 Å². The summed E-state index contributed by atoms with van der Waals surface area (Å²) in [6, 6.07) is 0. The average Bonchev–Trinajstić information content (AvgIpc) is 2.32. The fraction of sp³-hybridized carbons (Fsp3) is 0.444. The molecule has 9 nitrogen and oxygen atoms in total. The summed E-state index contributed by atoms with van der Waals surface area (Å²) in [7, 11) is 1.25. The maximum atomic E-state index is 12.1. The number of hydrogen-bond acceptors (Lipinski definition) is 6. The SMILES string of the molecule is CC(C)(C)n1c(=O)n([B]C#N)c(=O)n([B]OC#N)c1=O. The van der Waals surface area contributed by atoms with E-state index >= 15 is 0 Å². The highest BCUT2D eigenvalue weighted by Gasteiger charge is 2.25. The Labute approximate surface area is 114 Å². The van der Waals surface area contributed by atoms with E-state index in [2.05, 4.69) is 4.65 Å². The third-order valence-corrected chi connectivity index (χ3v) is 2.28. The lowest BCUT2D eigenvalue weighted by atomic mass is 9.98. The molecule has 0 aliphatic carbocycles. The van der Waals surface area contributed by atoms with Crippen molar-refractivity contribution in [1.82, 2.24) is 13.5 Å². The molecule has 11 heteroatoms. The first-order valence-electron chi connectivity index (χ1n) is 5.37. The van der Waals surface area contributed by atoms with Crippen LogP contribution < -0.4 is 17.1 Å². The van der Waals surface area contributed by atoms with Crippen molar-refractivity contribution in [3.63, 3.8) is 0 Å². The zero-order chi connectivity index (χ0) is 15.5. The van der Waals surface area contributed by atoms with E-state index in [4.69, 9.17) is 10.5 Å². The maximum Gasteiger partial charge on any atom is 0.545 e. The summed E-state index contributed by atoms with van der Waals surface area (Å²) in [4.78, 5) is 36.1. The normalized spacial score (nSPS) is 10.2. The van der Waals surface area contributed by atoms with Crippen molar-refractivity contribution in [2.75, 3.05) is 0 Å². The molecular weight excluding hydrogens is 264 g/mol. The van der Waals surface area contributed by atoms with Crippen LogP contribution in [-0.4, -0.2) is 28.6 Å². The molecule has 2 radical (unpaired) electrons. The Kier molecular flexibility index (Phi) is 4.25. The van der Waals surface area contributed by atoms with Crippen LogP contribution in [-0.2, 0) is 10.2 Å². The highest BCUT2D eigenvalue weighted by atomic mass is 16.4. The van der Waals surface area contributed by atoms with E-state index in [1.165, 1.54) is 12.2 Å². The third-order valence-electron chi connectivity index (χ3n) is 2.28.